The second kappa shape index (κ2) is 5.18. The number of pyridine rings is 1. The molecule has 0 atom stereocenters. The van der Waals surface area contributed by atoms with Crippen LogP contribution in [-0.4, -0.2) is 7.41 Å². The normalized spacial score (nSPS) is 11.5. The summed E-state index contributed by atoms with van der Waals surface area (Å²) in [6.45, 7) is 6.44. The van der Waals surface area contributed by atoms with Crippen molar-refractivity contribution in [3.63, 3.8) is 0 Å². The number of hydrogen-bond acceptors (Lipinski definition) is 0. The van der Waals surface area contributed by atoms with Crippen molar-refractivity contribution in [2.75, 3.05) is 0 Å². The third-order valence-corrected chi connectivity index (χ3v) is 2.85. The maximum absolute atomic E-state index is 2.24. The zero-order chi connectivity index (χ0) is 12.3. The molecule has 0 saturated heterocycles. The number of nitrogens with zero attached hydrogens (tertiary/aromatic N) is 1. The molecule has 0 fully saturated rings. The molecule has 17 heavy (non-hydrogen) atoms. The van der Waals surface area contributed by atoms with E-state index in [2.05, 4.69) is 81.2 Å². The van der Waals surface area contributed by atoms with Gasteiger partial charge in [0.1, 0.15) is 6.20 Å². The van der Waals surface area contributed by atoms with Gasteiger partial charge >= 0.3 is 7.41 Å². The third-order valence-electron chi connectivity index (χ3n) is 2.85. The molecule has 0 aliphatic heterocycles. The van der Waals surface area contributed by atoms with E-state index in [4.69, 9.17) is 0 Å². The average molecular weight is 223 g/mol. The lowest BCUT2D eigenvalue weighted by Gasteiger charge is -2.03. The van der Waals surface area contributed by atoms with Crippen LogP contribution in [0.1, 0.15) is 19.4 Å². The Hall–Kier alpha value is -1.57. The lowest BCUT2D eigenvalue weighted by Crippen LogP contribution is -2.38. The quantitative estimate of drug-likeness (QED) is 0.703. The highest BCUT2D eigenvalue weighted by atomic mass is 14.8. The largest absolute Gasteiger partial charge is 0.536 e. The lowest BCUT2D eigenvalue weighted by atomic mass is 9.96. The Labute approximate surface area is 104 Å². The second-order valence-electron chi connectivity index (χ2n) is 4.56. The topological polar surface area (TPSA) is 3.88 Å². The molecule has 2 rings (SSSR count). The third kappa shape index (κ3) is 2.58. The van der Waals surface area contributed by atoms with Crippen LogP contribution in [0.2, 0.25) is 6.82 Å². The summed E-state index contributed by atoms with van der Waals surface area (Å²) in [4.78, 5) is 0. The van der Waals surface area contributed by atoms with E-state index >= 15 is 0 Å². The molecule has 0 N–H and O–H groups in total. The fourth-order valence-electron chi connectivity index (χ4n) is 1.94. The molecule has 1 aromatic carbocycles. The minimum absolute atomic E-state index is 0.582. The van der Waals surface area contributed by atoms with Gasteiger partial charge in [-0.3, -0.25) is 4.48 Å². The van der Waals surface area contributed by atoms with Gasteiger partial charge in [-0.15, -0.1) is 0 Å². The molecule has 0 saturated carbocycles. The van der Waals surface area contributed by atoms with E-state index in [0.717, 1.165) is 0 Å². The Balaban J connectivity index is 2.58. The van der Waals surface area contributed by atoms with Crippen LogP contribution in [0, 0.1) is 5.92 Å². The van der Waals surface area contributed by atoms with Gasteiger partial charge in [0.2, 0.25) is 0 Å². The van der Waals surface area contributed by atoms with Crippen molar-refractivity contribution >= 4 is 24.4 Å². The number of para-hydroxylation sites is 1. The van der Waals surface area contributed by atoms with E-state index in [-0.39, 0.29) is 0 Å². The summed E-state index contributed by atoms with van der Waals surface area (Å²) < 4.78 is 2.15. The minimum Gasteiger partial charge on any atom is -0.285 e. The highest BCUT2D eigenvalue weighted by molar-refractivity contribution is 6.23. The molecule has 1 aromatic heterocycles. The van der Waals surface area contributed by atoms with Gasteiger partial charge in [0.05, 0.1) is 5.39 Å². The molecule has 85 valence electrons. The standard InChI is InChI=1S/C15H18BN/c1-12(2)8-9-13-10-11-17(16-3)15-7-5-4-6-14(13)15/h4-12H,1-3H3/q+1/b9-8+. The first-order valence-electron chi connectivity index (χ1n) is 6.13. The van der Waals surface area contributed by atoms with Crippen LogP contribution in [0.3, 0.4) is 0 Å². The Bertz CT molecular complexity index is 544. The Morgan fingerprint density at radius 3 is 2.65 bits per heavy atom. The second-order valence-corrected chi connectivity index (χ2v) is 4.56. The Morgan fingerprint density at radius 1 is 1.18 bits per heavy atom. The number of fused-ring (bicyclic) bond motifs is 1. The van der Waals surface area contributed by atoms with Crippen molar-refractivity contribution < 1.29 is 4.48 Å². The first-order valence-corrected chi connectivity index (χ1v) is 6.13. The summed E-state index contributed by atoms with van der Waals surface area (Å²) in [5.74, 6) is 0.582. The van der Waals surface area contributed by atoms with Gasteiger partial charge < -0.3 is 0 Å². The maximum atomic E-state index is 2.24. The summed E-state index contributed by atoms with van der Waals surface area (Å²) in [5, 5.41) is 1.30. The van der Waals surface area contributed by atoms with Crippen molar-refractivity contribution in [1.82, 2.24) is 0 Å². The maximum Gasteiger partial charge on any atom is 0.536 e. The highest BCUT2D eigenvalue weighted by Gasteiger charge is 2.09. The van der Waals surface area contributed by atoms with Gasteiger partial charge in [0.25, 0.3) is 0 Å². The molecule has 2 aromatic rings. The molecular weight excluding hydrogens is 205 g/mol. The smallest absolute Gasteiger partial charge is 0.285 e. The number of rotatable bonds is 3. The van der Waals surface area contributed by atoms with Crippen molar-refractivity contribution in [3.05, 3.63) is 48.2 Å². The molecule has 0 spiro atoms. The monoisotopic (exact) mass is 223 g/mol. The van der Waals surface area contributed by atoms with Crippen LogP contribution in [0.4, 0.5) is 0 Å². The number of aromatic nitrogens is 1. The first-order chi connectivity index (χ1) is 8.22. The van der Waals surface area contributed by atoms with Crippen molar-refractivity contribution in [2.45, 2.75) is 20.7 Å². The van der Waals surface area contributed by atoms with Crippen LogP contribution < -0.4 is 4.48 Å². The van der Waals surface area contributed by atoms with E-state index in [9.17, 15) is 0 Å². The summed E-state index contributed by atoms with van der Waals surface area (Å²) in [7, 11) is 2.08. The molecule has 1 radical (unpaired) electrons. The molecule has 0 unspecified atom stereocenters. The summed E-state index contributed by atoms with van der Waals surface area (Å²) >= 11 is 0. The zero-order valence-electron chi connectivity index (χ0n) is 10.7. The fraction of sp³-hybridized carbons (Fsp3) is 0.267. The van der Waals surface area contributed by atoms with Gasteiger partial charge in [-0.1, -0.05) is 38.1 Å². The van der Waals surface area contributed by atoms with E-state index < -0.39 is 0 Å². The van der Waals surface area contributed by atoms with Crippen molar-refractivity contribution in [2.24, 2.45) is 5.92 Å². The number of allylic oxidation sites excluding steroid dienone is 1. The summed E-state index contributed by atoms with van der Waals surface area (Å²) in [5.41, 5.74) is 2.54. The molecule has 1 nitrogen and oxygen atoms in total. The Kier molecular flexibility index (Phi) is 3.63. The first kappa shape index (κ1) is 11.9. The van der Waals surface area contributed by atoms with Gasteiger partial charge in [0.15, 0.2) is 5.52 Å². The van der Waals surface area contributed by atoms with Crippen LogP contribution in [0.5, 0.6) is 0 Å². The molecule has 1 heterocycles. The fourth-order valence-corrected chi connectivity index (χ4v) is 1.94. The zero-order valence-corrected chi connectivity index (χ0v) is 10.7. The predicted octanol–water partition coefficient (Wildman–Crippen LogP) is 3.31. The van der Waals surface area contributed by atoms with Crippen LogP contribution in [0.25, 0.3) is 17.0 Å². The van der Waals surface area contributed by atoms with Gasteiger partial charge in [0, 0.05) is 12.1 Å². The van der Waals surface area contributed by atoms with E-state index in [1.54, 1.807) is 0 Å². The highest BCUT2D eigenvalue weighted by Crippen LogP contribution is 2.17. The SMILES string of the molecule is C[B][n+]1ccc(/C=C/C(C)C)c2ccccc21. The van der Waals surface area contributed by atoms with Crippen molar-refractivity contribution in [3.8, 4) is 0 Å². The molecular formula is C15H18BN+. The molecule has 0 aliphatic rings. The molecule has 0 amide bonds. The molecule has 0 aliphatic carbocycles. The minimum atomic E-state index is 0.582. The molecule has 2 heteroatoms. The summed E-state index contributed by atoms with van der Waals surface area (Å²) in [6, 6.07) is 10.7. The van der Waals surface area contributed by atoms with Crippen LogP contribution in [0.15, 0.2) is 42.6 Å². The lowest BCUT2D eigenvalue weighted by molar-refractivity contribution is -0.498. The predicted molar refractivity (Wildman–Crippen MR) is 75.0 cm³/mol. The van der Waals surface area contributed by atoms with Crippen LogP contribution in [-0.2, 0) is 0 Å². The van der Waals surface area contributed by atoms with E-state index in [1.807, 2.05) is 0 Å². The van der Waals surface area contributed by atoms with Crippen molar-refractivity contribution in [1.29, 1.82) is 0 Å². The number of hydrogen-bond donors (Lipinski definition) is 0. The van der Waals surface area contributed by atoms with Gasteiger partial charge in [-0.2, -0.15) is 0 Å². The number of benzene rings is 1. The van der Waals surface area contributed by atoms with Gasteiger partial charge in [-0.05, 0) is 24.4 Å². The van der Waals surface area contributed by atoms with E-state index in [0.29, 0.717) is 5.92 Å². The van der Waals surface area contributed by atoms with E-state index in [1.165, 1.54) is 16.5 Å². The average Bonchev–Trinajstić information content (AvgIpc) is 2.35. The van der Waals surface area contributed by atoms with Gasteiger partial charge in [-0.25, -0.2) is 0 Å². The molecule has 0 bridgehead atoms. The summed E-state index contributed by atoms with van der Waals surface area (Å²) in [6.07, 6.45) is 6.57. The Morgan fingerprint density at radius 2 is 1.94 bits per heavy atom. The van der Waals surface area contributed by atoms with Crippen LogP contribution >= 0.6 is 0 Å².